The molecule has 4 rings (SSSR count). The molecule has 2 fully saturated rings. The zero-order chi connectivity index (χ0) is 17.4. The minimum atomic E-state index is -0.0825. The van der Waals surface area contributed by atoms with Crippen LogP contribution < -0.4 is 0 Å². The van der Waals surface area contributed by atoms with E-state index in [0.29, 0.717) is 37.9 Å². The number of likely N-dealkylation sites (tertiary alicyclic amines) is 1. The van der Waals surface area contributed by atoms with Crippen molar-refractivity contribution in [3.8, 4) is 0 Å². The van der Waals surface area contributed by atoms with Gasteiger partial charge >= 0.3 is 0 Å². The summed E-state index contributed by atoms with van der Waals surface area (Å²) in [6, 6.07) is 0. The molecule has 1 aliphatic carbocycles. The van der Waals surface area contributed by atoms with Crippen LogP contribution >= 0.6 is 0 Å². The lowest BCUT2D eigenvalue weighted by atomic mass is 9.97. The van der Waals surface area contributed by atoms with Crippen molar-refractivity contribution >= 4 is 5.91 Å². The number of rotatable bonds is 6. The summed E-state index contributed by atoms with van der Waals surface area (Å²) in [4.78, 5) is 18.8. The maximum atomic E-state index is 12.5. The van der Waals surface area contributed by atoms with E-state index in [1.807, 2.05) is 13.1 Å². The monoisotopic (exact) mass is 345 g/mol. The molecule has 0 aromatic carbocycles. The summed E-state index contributed by atoms with van der Waals surface area (Å²) in [5.41, 5.74) is 1.08. The average Bonchev–Trinajstić information content (AvgIpc) is 3.02. The van der Waals surface area contributed by atoms with Crippen LogP contribution in [0.15, 0.2) is 16.9 Å². The molecule has 3 heterocycles. The van der Waals surface area contributed by atoms with Gasteiger partial charge in [-0.15, -0.1) is 0 Å². The molecule has 8 nitrogen and oxygen atoms in total. The predicted molar refractivity (Wildman–Crippen MR) is 87.8 cm³/mol. The highest BCUT2D eigenvalue weighted by molar-refractivity contribution is 5.76. The number of aliphatic hydroxyl groups is 1. The van der Waals surface area contributed by atoms with Crippen LogP contribution in [0.5, 0.6) is 0 Å². The average molecular weight is 345 g/mol. The number of aliphatic hydroxyl groups excluding tert-OH is 1. The molecule has 8 heteroatoms. The summed E-state index contributed by atoms with van der Waals surface area (Å²) < 4.78 is 7.20. The maximum Gasteiger partial charge on any atom is 0.231 e. The molecule has 25 heavy (non-hydrogen) atoms. The summed E-state index contributed by atoms with van der Waals surface area (Å²) in [5, 5.41) is 18.0. The fraction of sp³-hybridized carbons (Fsp3) is 0.647. The first-order valence-electron chi connectivity index (χ1n) is 8.85. The Morgan fingerprint density at radius 1 is 1.40 bits per heavy atom. The van der Waals surface area contributed by atoms with E-state index in [1.54, 1.807) is 15.8 Å². The van der Waals surface area contributed by atoms with Crippen molar-refractivity contribution in [3.05, 3.63) is 29.7 Å². The van der Waals surface area contributed by atoms with Gasteiger partial charge in [-0.2, -0.15) is 10.1 Å². The third-order valence-corrected chi connectivity index (χ3v) is 5.06. The van der Waals surface area contributed by atoms with Crippen LogP contribution in [-0.4, -0.2) is 55.5 Å². The van der Waals surface area contributed by atoms with Gasteiger partial charge in [0.2, 0.25) is 11.8 Å². The molecule has 134 valence electrons. The highest BCUT2D eigenvalue weighted by atomic mass is 16.5. The molecule has 2 aliphatic rings. The largest absolute Gasteiger partial charge is 0.396 e. The number of aromatic nitrogens is 4. The lowest BCUT2D eigenvalue weighted by Gasteiger charge is -2.15. The van der Waals surface area contributed by atoms with E-state index < -0.39 is 0 Å². The highest BCUT2D eigenvalue weighted by Crippen LogP contribution is 2.39. The molecule has 0 unspecified atom stereocenters. The minimum Gasteiger partial charge on any atom is -0.396 e. The number of aryl methyl sites for hydroxylation is 2. The number of hydrogen-bond acceptors (Lipinski definition) is 6. The quantitative estimate of drug-likeness (QED) is 0.841. The third-order valence-electron chi connectivity index (χ3n) is 5.06. The van der Waals surface area contributed by atoms with Gasteiger partial charge in [-0.25, -0.2) is 0 Å². The Morgan fingerprint density at radius 2 is 2.24 bits per heavy atom. The van der Waals surface area contributed by atoms with Gasteiger partial charge < -0.3 is 14.5 Å². The molecule has 0 spiro atoms. The van der Waals surface area contributed by atoms with Crippen molar-refractivity contribution in [2.24, 2.45) is 5.92 Å². The predicted octanol–water partition coefficient (Wildman–Crippen LogP) is 1.08. The van der Waals surface area contributed by atoms with Crippen LogP contribution in [-0.2, 0) is 11.3 Å². The standard InChI is InChI=1S/C17H23N5O3/c1-11-6-18-22(7-11)5-4-15(24)21-8-13(10-23)14(9-21)17-19-16(20-25-17)12-2-3-12/h6-7,12-14,23H,2-5,8-10H2,1H3/t13-,14+/m0/s1. The van der Waals surface area contributed by atoms with Crippen LogP contribution in [0.4, 0.5) is 0 Å². The number of carbonyl (C=O) groups excluding carboxylic acids is 1. The number of nitrogens with zero attached hydrogens (tertiary/aromatic N) is 5. The summed E-state index contributed by atoms with van der Waals surface area (Å²) >= 11 is 0. The van der Waals surface area contributed by atoms with Crippen LogP contribution in [0.1, 0.15) is 48.4 Å². The van der Waals surface area contributed by atoms with E-state index in [0.717, 1.165) is 24.2 Å². The van der Waals surface area contributed by atoms with Gasteiger partial charge in [-0.05, 0) is 25.3 Å². The first kappa shape index (κ1) is 16.3. The first-order valence-corrected chi connectivity index (χ1v) is 8.85. The molecule has 1 N–H and O–H groups in total. The summed E-state index contributed by atoms with van der Waals surface area (Å²) in [7, 11) is 0. The van der Waals surface area contributed by atoms with Gasteiger partial charge in [-0.3, -0.25) is 9.48 Å². The molecule has 0 radical (unpaired) electrons. The molecule has 1 saturated heterocycles. The van der Waals surface area contributed by atoms with E-state index in [9.17, 15) is 9.90 Å². The van der Waals surface area contributed by atoms with Crippen LogP contribution in [0.25, 0.3) is 0 Å². The van der Waals surface area contributed by atoms with Crippen LogP contribution in [0.3, 0.4) is 0 Å². The number of amides is 1. The fourth-order valence-corrected chi connectivity index (χ4v) is 3.40. The van der Waals surface area contributed by atoms with Crippen molar-refractivity contribution in [3.63, 3.8) is 0 Å². The summed E-state index contributed by atoms with van der Waals surface area (Å²) in [6.45, 7) is 3.59. The Bertz CT molecular complexity index is 751. The SMILES string of the molecule is Cc1cnn(CCC(=O)N2C[C@@H](CO)[C@H](c3nc(C4CC4)no3)C2)c1. The minimum absolute atomic E-state index is 0.00788. The van der Waals surface area contributed by atoms with E-state index in [1.165, 1.54) is 0 Å². The van der Waals surface area contributed by atoms with Crippen molar-refractivity contribution in [1.29, 1.82) is 0 Å². The van der Waals surface area contributed by atoms with Gasteiger partial charge in [0.1, 0.15) is 0 Å². The molecule has 1 saturated carbocycles. The number of carbonyl (C=O) groups is 1. The lowest BCUT2D eigenvalue weighted by molar-refractivity contribution is -0.130. The van der Waals surface area contributed by atoms with Crippen molar-refractivity contribution < 1.29 is 14.4 Å². The summed E-state index contributed by atoms with van der Waals surface area (Å²) in [6.07, 6.45) is 6.33. The summed E-state index contributed by atoms with van der Waals surface area (Å²) in [5.74, 6) is 1.69. The Balaban J connectivity index is 1.38. The zero-order valence-corrected chi connectivity index (χ0v) is 14.3. The van der Waals surface area contributed by atoms with E-state index in [-0.39, 0.29) is 24.3 Å². The first-order chi connectivity index (χ1) is 12.1. The smallest absolute Gasteiger partial charge is 0.231 e. The Kier molecular flexibility index (Phi) is 4.29. The van der Waals surface area contributed by atoms with E-state index >= 15 is 0 Å². The third kappa shape index (κ3) is 3.44. The van der Waals surface area contributed by atoms with Gasteiger partial charge in [0, 0.05) is 50.7 Å². The molecule has 2 atom stereocenters. The molecule has 0 bridgehead atoms. The Morgan fingerprint density at radius 3 is 2.92 bits per heavy atom. The lowest BCUT2D eigenvalue weighted by Crippen LogP contribution is -2.30. The second-order valence-corrected chi connectivity index (χ2v) is 7.14. The fourth-order valence-electron chi connectivity index (χ4n) is 3.40. The molecular weight excluding hydrogens is 322 g/mol. The maximum absolute atomic E-state index is 12.5. The number of hydrogen-bond donors (Lipinski definition) is 1. The van der Waals surface area contributed by atoms with Gasteiger partial charge in [0.05, 0.1) is 12.1 Å². The van der Waals surface area contributed by atoms with Crippen LogP contribution in [0.2, 0.25) is 0 Å². The molecule has 2 aromatic heterocycles. The van der Waals surface area contributed by atoms with Crippen molar-refractivity contribution in [2.75, 3.05) is 19.7 Å². The molecule has 1 amide bonds. The molecule has 2 aromatic rings. The van der Waals surface area contributed by atoms with Gasteiger partial charge in [0.15, 0.2) is 5.82 Å². The van der Waals surface area contributed by atoms with Crippen molar-refractivity contribution in [2.45, 2.75) is 44.6 Å². The molecule has 1 aliphatic heterocycles. The van der Waals surface area contributed by atoms with E-state index in [2.05, 4.69) is 15.2 Å². The van der Waals surface area contributed by atoms with Gasteiger partial charge in [-0.1, -0.05) is 5.16 Å². The van der Waals surface area contributed by atoms with Crippen molar-refractivity contribution in [1.82, 2.24) is 24.8 Å². The molecular formula is C17H23N5O3. The second kappa shape index (κ2) is 6.59. The topological polar surface area (TPSA) is 97.3 Å². The van der Waals surface area contributed by atoms with E-state index in [4.69, 9.17) is 4.52 Å². The van der Waals surface area contributed by atoms with Crippen LogP contribution in [0, 0.1) is 12.8 Å². The Hall–Kier alpha value is -2.22. The highest BCUT2D eigenvalue weighted by Gasteiger charge is 2.40. The zero-order valence-electron chi connectivity index (χ0n) is 14.3. The van der Waals surface area contributed by atoms with Gasteiger partial charge in [0.25, 0.3) is 0 Å². The second-order valence-electron chi connectivity index (χ2n) is 7.14. The Labute approximate surface area is 145 Å². The normalized spacial score (nSPS) is 23.4.